The third-order valence-electron chi connectivity index (χ3n) is 4.34. The van der Waals surface area contributed by atoms with Gasteiger partial charge in [-0.2, -0.15) is 0 Å². The van der Waals surface area contributed by atoms with Crippen molar-refractivity contribution in [3.8, 4) is 0 Å². The van der Waals surface area contributed by atoms with E-state index in [0.29, 0.717) is 5.92 Å². The highest BCUT2D eigenvalue weighted by Crippen LogP contribution is 2.28. The Morgan fingerprint density at radius 1 is 1.25 bits per heavy atom. The molecule has 2 N–H and O–H groups in total. The Morgan fingerprint density at radius 3 is 2.75 bits per heavy atom. The molecule has 1 heterocycles. The number of amides is 1. The maximum Gasteiger partial charge on any atom is 0.358 e. The van der Waals surface area contributed by atoms with Crippen LogP contribution in [0, 0.1) is 5.92 Å². The Hall–Kier alpha value is -2.70. The van der Waals surface area contributed by atoms with Gasteiger partial charge in [0, 0.05) is 6.04 Å². The molecule has 7 nitrogen and oxygen atoms in total. The molecule has 0 aliphatic heterocycles. The molecule has 3 rings (SSSR count). The van der Waals surface area contributed by atoms with Crippen LogP contribution in [0.1, 0.15) is 35.3 Å². The number of rotatable bonds is 6. The fraction of sp³-hybridized carbons (Fsp3) is 0.412. The molecule has 24 heavy (non-hydrogen) atoms. The van der Waals surface area contributed by atoms with Crippen LogP contribution in [0.3, 0.4) is 0 Å². The lowest BCUT2D eigenvalue weighted by atomic mass is 9.98. The van der Waals surface area contributed by atoms with Gasteiger partial charge in [-0.3, -0.25) is 4.79 Å². The number of aromatic nitrogens is 3. The van der Waals surface area contributed by atoms with E-state index in [-0.39, 0.29) is 24.2 Å². The number of hydrogen-bond acceptors (Lipinski definition) is 4. The molecule has 1 aliphatic rings. The minimum atomic E-state index is -1.15. The van der Waals surface area contributed by atoms with E-state index in [1.807, 2.05) is 18.2 Å². The van der Waals surface area contributed by atoms with Crippen molar-refractivity contribution < 1.29 is 14.7 Å². The molecule has 0 spiro atoms. The number of nitrogens with one attached hydrogen (secondary N) is 1. The lowest BCUT2D eigenvalue weighted by Gasteiger charge is -2.13. The van der Waals surface area contributed by atoms with Crippen LogP contribution in [0.4, 0.5) is 0 Å². The summed E-state index contributed by atoms with van der Waals surface area (Å²) >= 11 is 0. The predicted octanol–water partition coefficient (Wildman–Crippen LogP) is 1.50. The second-order valence-corrected chi connectivity index (χ2v) is 6.24. The summed E-state index contributed by atoms with van der Waals surface area (Å²) in [6.07, 6.45) is 5.35. The fourth-order valence-corrected chi connectivity index (χ4v) is 3.23. The van der Waals surface area contributed by atoms with Crippen molar-refractivity contribution in [1.29, 1.82) is 0 Å². The zero-order valence-corrected chi connectivity index (χ0v) is 13.3. The average molecular weight is 328 g/mol. The zero-order chi connectivity index (χ0) is 16.9. The number of carboxylic acids is 1. The molecule has 0 radical (unpaired) electrons. The third kappa shape index (κ3) is 4.18. The molecule has 1 aliphatic carbocycles. The van der Waals surface area contributed by atoms with Crippen molar-refractivity contribution in [3.05, 3.63) is 47.8 Å². The van der Waals surface area contributed by atoms with E-state index in [1.165, 1.54) is 16.4 Å². The number of benzene rings is 1. The molecule has 1 saturated carbocycles. The van der Waals surface area contributed by atoms with Crippen LogP contribution in [0.15, 0.2) is 36.5 Å². The van der Waals surface area contributed by atoms with Crippen molar-refractivity contribution in [2.75, 3.05) is 0 Å². The van der Waals surface area contributed by atoms with E-state index >= 15 is 0 Å². The number of carbonyl (C=O) groups is 2. The summed E-state index contributed by atoms with van der Waals surface area (Å²) in [5.41, 5.74) is 1.17. The Balaban J connectivity index is 1.46. The third-order valence-corrected chi connectivity index (χ3v) is 4.34. The summed E-state index contributed by atoms with van der Waals surface area (Å²) < 4.78 is 1.25. The highest BCUT2D eigenvalue weighted by molar-refractivity contribution is 5.84. The van der Waals surface area contributed by atoms with Gasteiger partial charge in [0.25, 0.3) is 0 Å². The fourth-order valence-electron chi connectivity index (χ4n) is 3.23. The summed E-state index contributed by atoms with van der Waals surface area (Å²) in [7, 11) is 0. The Kier molecular flexibility index (Phi) is 4.88. The Morgan fingerprint density at radius 2 is 2.04 bits per heavy atom. The van der Waals surface area contributed by atoms with Crippen molar-refractivity contribution in [2.45, 2.75) is 38.3 Å². The van der Waals surface area contributed by atoms with Crippen molar-refractivity contribution in [2.24, 2.45) is 5.92 Å². The van der Waals surface area contributed by atoms with Gasteiger partial charge < -0.3 is 10.4 Å². The largest absolute Gasteiger partial charge is 0.476 e. The maximum atomic E-state index is 12.1. The molecule has 126 valence electrons. The van der Waals surface area contributed by atoms with E-state index < -0.39 is 5.97 Å². The maximum absolute atomic E-state index is 12.1. The number of hydrogen-bond donors (Lipinski definition) is 2. The predicted molar refractivity (Wildman–Crippen MR) is 86.4 cm³/mol. The van der Waals surface area contributed by atoms with Crippen molar-refractivity contribution in [3.63, 3.8) is 0 Å². The van der Waals surface area contributed by atoms with Gasteiger partial charge in [0.15, 0.2) is 5.69 Å². The number of carboxylic acid groups (broad SMARTS) is 1. The minimum absolute atomic E-state index is 0.0138. The lowest BCUT2D eigenvalue weighted by molar-refractivity contribution is -0.122. The minimum Gasteiger partial charge on any atom is -0.476 e. The first-order chi connectivity index (χ1) is 11.6. The van der Waals surface area contributed by atoms with Crippen LogP contribution in [0.2, 0.25) is 0 Å². The van der Waals surface area contributed by atoms with E-state index in [1.54, 1.807) is 0 Å². The van der Waals surface area contributed by atoms with Gasteiger partial charge in [-0.05, 0) is 37.2 Å². The van der Waals surface area contributed by atoms with Crippen LogP contribution < -0.4 is 5.32 Å². The molecule has 2 atom stereocenters. The van der Waals surface area contributed by atoms with Crippen molar-refractivity contribution in [1.82, 2.24) is 20.3 Å². The molecule has 1 fully saturated rings. The molecule has 1 aromatic heterocycles. The molecule has 1 aromatic carbocycles. The molecule has 7 heteroatoms. The van der Waals surface area contributed by atoms with Crippen molar-refractivity contribution >= 4 is 11.9 Å². The van der Waals surface area contributed by atoms with E-state index in [0.717, 1.165) is 25.7 Å². The van der Waals surface area contributed by atoms with Gasteiger partial charge in [0.05, 0.1) is 6.20 Å². The molecule has 0 saturated heterocycles. The normalized spacial score (nSPS) is 20.0. The van der Waals surface area contributed by atoms with Gasteiger partial charge in [0.1, 0.15) is 6.54 Å². The number of aromatic carboxylic acids is 1. The lowest BCUT2D eigenvalue weighted by Crippen LogP contribution is -2.35. The van der Waals surface area contributed by atoms with Crippen LogP contribution in [-0.4, -0.2) is 38.0 Å². The van der Waals surface area contributed by atoms with Crippen LogP contribution in [0.25, 0.3) is 0 Å². The summed E-state index contributed by atoms with van der Waals surface area (Å²) in [5, 5.41) is 18.9. The quantitative estimate of drug-likeness (QED) is 0.837. The first-order valence-corrected chi connectivity index (χ1v) is 8.07. The van der Waals surface area contributed by atoms with E-state index in [9.17, 15) is 9.59 Å². The summed E-state index contributed by atoms with van der Waals surface area (Å²) in [6, 6.07) is 10.6. The average Bonchev–Trinajstić information content (AvgIpc) is 3.18. The number of nitrogens with zero attached hydrogens (tertiary/aromatic N) is 3. The summed E-state index contributed by atoms with van der Waals surface area (Å²) in [6.45, 7) is -0.0138. The monoisotopic (exact) mass is 328 g/mol. The van der Waals surface area contributed by atoms with Gasteiger partial charge in [-0.1, -0.05) is 35.5 Å². The Bertz CT molecular complexity index is 714. The van der Waals surface area contributed by atoms with Crippen LogP contribution >= 0.6 is 0 Å². The van der Waals surface area contributed by atoms with Crippen LogP contribution in [0.5, 0.6) is 0 Å². The number of carbonyl (C=O) groups excluding carboxylic acids is 1. The molecule has 1 amide bonds. The molecular formula is C17H20N4O3. The summed E-state index contributed by atoms with van der Waals surface area (Å²) in [4.78, 5) is 22.8. The Labute approximate surface area is 139 Å². The highest BCUT2D eigenvalue weighted by Gasteiger charge is 2.26. The smallest absolute Gasteiger partial charge is 0.358 e. The van der Waals surface area contributed by atoms with Gasteiger partial charge in [0.2, 0.25) is 5.91 Å². The first-order valence-electron chi connectivity index (χ1n) is 8.07. The van der Waals surface area contributed by atoms with Gasteiger partial charge in [-0.25, -0.2) is 9.48 Å². The van der Waals surface area contributed by atoms with Crippen LogP contribution in [-0.2, 0) is 17.8 Å². The van der Waals surface area contributed by atoms with Gasteiger partial charge in [-0.15, -0.1) is 5.10 Å². The molecular weight excluding hydrogens is 308 g/mol. The first kappa shape index (κ1) is 16.2. The zero-order valence-electron chi connectivity index (χ0n) is 13.3. The second kappa shape index (κ2) is 7.25. The topological polar surface area (TPSA) is 97.1 Å². The highest BCUT2D eigenvalue weighted by atomic mass is 16.4. The SMILES string of the molecule is O=C(Cn1cc(C(=O)O)nn1)NC1CCC(Cc2ccccc2)C1. The second-order valence-electron chi connectivity index (χ2n) is 6.24. The molecule has 0 bridgehead atoms. The van der Waals surface area contributed by atoms with Gasteiger partial charge >= 0.3 is 5.97 Å². The molecule has 2 aromatic rings. The standard InChI is InChI=1S/C17H20N4O3/c22-16(11-21-10-15(17(23)24)19-20-21)18-14-7-6-13(9-14)8-12-4-2-1-3-5-12/h1-5,10,13-14H,6-9,11H2,(H,18,22)(H,23,24). The molecule has 2 unspecified atom stereocenters. The summed E-state index contributed by atoms with van der Waals surface area (Å²) in [5.74, 6) is -0.730. The van der Waals surface area contributed by atoms with E-state index in [4.69, 9.17) is 5.11 Å². The van der Waals surface area contributed by atoms with E-state index in [2.05, 4.69) is 27.8 Å².